The lowest BCUT2D eigenvalue weighted by Crippen LogP contribution is -2.40. The molecule has 0 fully saturated rings. The van der Waals surface area contributed by atoms with Crippen LogP contribution in [0.4, 0.5) is 4.79 Å². The SMILES string of the molecule is CCNC(=O)NC(=O)CSC[C@H](N)C(=O)O. The zero-order valence-corrected chi connectivity index (χ0v) is 9.67. The van der Waals surface area contributed by atoms with Gasteiger partial charge in [0.25, 0.3) is 0 Å². The van der Waals surface area contributed by atoms with Gasteiger partial charge in [-0.1, -0.05) is 0 Å². The summed E-state index contributed by atoms with van der Waals surface area (Å²) in [5, 5.41) is 12.9. The number of aliphatic carboxylic acids is 1. The van der Waals surface area contributed by atoms with Crippen LogP contribution in [0.1, 0.15) is 6.92 Å². The third-order valence-electron chi connectivity index (χ3n) is 1.44. The van der Waals surface area contributed by atoms with Gasteiger partial charge < -0.3 is 16.2 Å². The fourth-order valence-corrected chi connectivity index (χ4v) is 1.49. The molecule has 3 amide bonds. The molecule has 0 aromatic heterocycles. The van der Waals surface area contributed by atoms with Crippen molar-refractivity contribution in [1.82, 2.24) is 10.6 Å². The highest BCUT2D eigenvalue weighted by Gasteiger charge is 2.13. The predicted molar refractivity (Wildman–Crippen MR) is 60.2 cm³/mol. The molecule has 7 nitrogen and oxygen atoms in total. The molecule has 0 unspecified atom stereocenters. The molecule has 0 bridgehead atoms. The van der Waals surface area contributed by atoms with E-state index in [9.17, 15) is 14.4 Å². The third kappa shape index (κ3) is 7.07. The van der Waals surface area contributed by atoms with Gasteiger partial charge in [-0.15, -0.1) is 11.8 Å². The van der Waals surface area contributed by atoms with Gasteiger partial charge in [0.2, 0.25) is 5.91 Å². The molecule has 8 heteroatoms. The van der Waals surface area contributed by atoms with E-state index in [-0.39, 0.29) is 11.5 Å². The van der Waals surface area contributed by atoms with Crippen LogP contribution in [-0.4, -0.2) is 47.1 Å². The highest BCUT2D eigenvalue weighted by molar-refractivity contribution is 8.00. The van der Waals surface area contributed by atoms with Gasteiger partial charge in [-0.2, -0.15) is 0 Å². The second-order valence-electron chi connectivity index (χ2n) is 2.87. The molecule has 0 aliphatic rings. The molecular formula is C8H15N3O4S. The maximum absolute atomic E-state index is 11.1. The number of hydrogen-bond donors (Lipinski definition) is 4. The molecule has 0 saturated heterocycles. The molecule has 1 atom stereocenters. The van der Waals surface area contributed by atoms with Crippen LogP contribution in [0.3, 0.4) is 0 Å². The number of nitrogens with one attached hydrogen (secondary N) is 2. The van der Waals surface area contributed by atoms with Crippen molar-refractivity contribution in [2.45, 2.75) is 13.0 Å². The summed E-state index contributed by atoms with van der Waals surface area (Å²) in [6.45, 7) is 2.15. The summed E-state index contributed by atoms with van der Waals surface area (Å²) < 4.78 is 0. The lowest BCUT2D eigenvalue weighted by Gasteiger charge is -2.06. The van der Waals surface area contributed by atoms with Gasteiger partial charge in [0, 0.05) is 12.3 Å². The first-order chi connectivity index (χ1) is 7.47. The summed E-state index contributed by atoms with van der Waals surface area (Å²) in [5.41, 5.74) is 5.22. The molecule has 0 aromatic rings. The maximum atomic E-state index is 11.1. The first kappa shape index (κ1) is 14.7. The molecular weight excluding hydrogens is 234 g/mol. The molecule has 0 rings (SSSR count). The molecule has 5 N–H and O–H groups in total. The van der Waals surface area contributed by atoms with Crippen molar-refractivity contribution in [1.29, 1.82) is 0 Å². The Balaban J connectivity index is 3.66. The van der Waals surface area contributed by atoms with Gasteiger partial charge >= 0.3 is 12.0 Å². The molecule has 0 aliphatic carbocycles. The van der Waals surface area contributed by atoms with Gasteiger partial charge in [0.1, 0.15) is 6.04 Å². The van der Waals surface area contributed by atoms with Crippen LogP contribution in [0.25, 0.3) is 0 Å². The predicted octanol–water partition coefficient (Wildman–Crippen LogP) is -1.02. The summed E-state index contributed by atoms with van der Waals surface area (Å²) >= 11 is 1.06. The van der Waals surface area contributed by atoms with E-state index in [0.717, 1.165) is 11.8 Å². The fourth-order valence-electron chi connectivity index (χ4n) is 0.717. The number of thioether (sulfide) groups is 1. The molecule has 0 saturated carbocycles. The molecule has 16 heavy (non-hydrogen) atoms. The summed E-state index contributed by atoms with van der Waals surface area (Å²) in [5.74, 6) is -1.47. The minimum Gasteiger partial charge on any atom is -0.480 e. The smallest absolute Gasteiger partial charge is 0.321 e. The number of amides is 3. The molecule has 0 spiro atoms. The summed E-state index contributed by atoms with van der Waals surface area (Å²) in [4.78, 5) is 32.3. The van der Waals surface area contributed by atoms with Crippen LogP contribution in [-0.2, 0) is 9.59 Å². The Hall–Kier alpha value is -1.28. The fraction of sp³-hybridized carbons (Fsp3) is 0.625. The van der Waals surface area contributed by atoms with Crippen molar-refractivity contribution in [3.05, 3.63) is 0 Å². The van der Waals surface area contributed by atoms with E-state index in [1.807, 2.05) is 0 Å². The molecule has 0 aromatic carbocycles. The van der Waals surface area contributed by atoms with Crippen LogP contribution >= 0.6 is 11.8 Å². The van der Waals surface area contributed by atoms with Gasteiger partial charge in [-0.05, 0) is 6.92 Å². The summed E-state index contributed by atoms with van der Waals surface area (Å²) in [6, 6.07) is -1.56. The summed E-state index contributed by atoms with van der Waals surface area (Å²) in [6.07, 6.45) is 0. The molecule has 0 heterocycles. The number of carbonyl (C=O) groups is 3. The van der Waals surface area contributed by atoms with Crippen LogP contribution in [0.15, 0.2) is 0 Å². The van der Waals surface area contributed by atoms with Crippen molar-refractivity contribution < 1.29 is 19.5 Å². The Morgan fingerprint density at radius 3 is 2.56 bits per heavy atom. The average Bonchev–Trinajstić information content (AvgIpc) is 2.17. The monoisotopic (exact) mass is 249 g/mol. The van der Waals surface area contributed by atoms with Gasteiger partial charge in [-0.25, -0.2) is 4.79 Å². The van der Waals surface area contributed by atoms with Crippen molar-refractivity contribution in [3.8, 4) is 0 Å². The van der Waals surface area contributed by atoms with Crippen LogP contribution < -0.4 is 16.4 Å². The van der Waals surface area contributed by atoms with Gasteiger partial charge in [0.05, 0.1) is 5.75 Å². The minimum absolute atomic E-state index is 0.00187. The van der Waals surface area contributed by atoms with E-state index < -0.39 is 23.9 Å². The van der Waals surface area contributed by atoms with E-state index in [1.165, 1.54) is 0 Å². The molecule has 0 aliphatic heterocycles. The number of carbonyl (C=O) groups excluding carboxylic acids is 2. The quantitative estimate of drug-likeness (QED) is 0.478. The number of nitrogens with two attached hydrogens (primary N) is 1. The first-order valence-corrected chi connectivity index (χ1v) is 5.76. The molecule has 0 radical (unpaired) electrons. The zero-order valence-electron chi connectivity index (χ0n) is 8.86. The Morgan fingerprint density at radius 1 is 1.44 bits per heavy atom. The van der Waals surface area contributed by atoms with Crippen LogP contribution in [0.2, 0.25) is 0 Å². The average molecular weight is 249 g/mol. The van der Waals surface area contributed by atoms with Gasteiger partial charge in [-0.3, -0.25) is 14.9 Å². The van der Waals surface area contributed by atoms with E-state index in [2.05, 4.69) is 10.6 Å². The Labute approximate surface area is 97.1 Å². The topological polar surface area (TPSA) is 122 Å². The number of carboxylic acid groups (broad SMARTS) is 1. The second kappa shape index (κ2) is 7.94. The standard InChI is InChI=1S/C8H15N3O4S/c1-2-10-8(15)11-6(12)4-16-3-5(9)7(13)14/h5H,2-4,9H2,1H3,(H,13,14)(H2,10,11,12,15)/t5-/m0/s1. The Morgan fingerprint density at radius 2 is 2.06 bits per heavy atom. The lowest BCUT2D eigenvalue weighted by atomic mass is 10.4. The number of urea groups is 1. The first-order valence-electron chi connectivity index (χ1n) is 4.61. The van der Waals surface area contributed by atoms with E-state index in [1.54, 1.807) is 6.92 Å². The zero-order chi connectivity index (χ0) is 12.6. The van der Waals surface area contributed by atoms with E-state index in [0.29, 0.717) is 6.54 Å². The normalized spacial score (nSPS) is 11.6. The largest absolute Gasteiger partial charge is 0.480 e. The Bertz CT molecular complexity index is 272. The number of hydrogen-bond acceptors (Lipinski definition) is 5. The van der Waals surface area contributed by atoms with Crippen molar-refractivity contribution in [3.63, 3.8) is 0 Å². The van der Waals surface area contributed by atoms with Crippen LogP contribution in [0, 0.1) is 0 Å². The van der Waals surface area contributed by atoms with Crippen LogP contribution in [0.5, 0.6) is 0 Å². The summed E-state index contributed by atoms with van der Waals surface area (Å²) in [7, 11) is 0. The van der Waals surface area contributed by atoms with Gasteiger partial charge in [0.15, 0.2) is 0 Å². The molecule has 92 valence electrons. The maximum Gasteiger partial charge on any atom is 0.321 e. The Kier molecular flexibility index (Phi) is 7.31. The number of imide groups is 1. The minimum atomic E-state index is -1.11. The highest BCUT2D eigenvalue weighted by Crippen LogP contribution is 2.01. The van der Waals surface area contributed by atoms with Crippen molar-refractivity contribution >= 4 is 29.7 Å². The highest BCUT2D eigenvalue weighted by atomic mass is 32.2. The van der Waals surface area contributed by atoms with Crippen molar-refractivity contribution in [2.24, 2.45) is 5.73 Å². The third-order valence-corrected chi connectivity index (χ3v) is 2.50. The lowest BCUT2D eigenvalue weighted by molar-refractivity contribution is -0.138. The van der Waals surface area contributed by atoms with E-state index >= 15 is 0 Å². The van der Waals surface area contributed by atoms with E-state index in [4.69, 9.17) is 10.8 Å². The van der Waals surface area contributed by atoms with Crippen molar-refractivity contribution in [2.75, 3.05) is 18.1 Å². The number of carboxylic acids is 1. The number of rotatable bonds is 6. The second-order valence-corrected chi connectivity index (χ2v) is 3.90.